The second-order valence-electron chi connectivity index (χ2n) is 8.64. The van der Waals surface area contributed by atoms with Gasteiger partial charge in [0.25, 0.3) is 5.91 Å². The molecule has 0 aromatic heterocycles. The number of amides is 4. The highest BCUT2D eigenvalue weighted by molar-refractivity contribution is 6.03. The molecule has 4 rings (SSSR count). The van der Waals surface area contributed by atoms with Crippen molar-refractivity contribution in [2.24, 2.45) is 5.92 Å². The normalized spacial score (nSPS) is 20.9. The van der Waals surface area contributed by atoms with E-state index in [2.05, 4.69) is 5.32 Å². The zero-order valence-electron chi connectivity index (χ0n) is 19.7. The molecule has 0 spiro atoms. The molecule has 3 heterocycles. The van der Waals surface area contributed by atoms with Gasteiger partial charge in [-0.1, -0.05) is 12.1 Å². The SMILES string of the molecule is CCOC(=O)C1CCN(C(=O)CN2CC3=C(C2=O)[C@H](c2ccc(OC)cc2)NC(=O)N3C)CC1. The minimum atomic E-state index is -0.600. The summed E-state index contributed by atoms with van der Waals surface area (Å²) < 4.78 is 10.3. The van der Waals surface area contributed by atoms with Gasteiger partial charge in [0.1, 0.15) is 12.3 Å². The number of nitrogens with one attached hydrogen (secondary N) is 1. The Morgan fingerprint density at radius 2 is 1.79 bits per heavy atom. The minimum absolute atomic E-state index is 0.0761. The number of rotatable bonds is 6. The van der Waals surface area contributed by atoms with Crippen LogP contribution in [0.3, 0.4) is 0 Å². The Labute approximate surface area is 198 Å². The first-order valence-corrected chi connectivity index (χ1v) is 11.5. The molecule has 0 saturated carbocycles. The lowest BCUT2D eigenvalue weighted by Gasteiger charge is -2.32. The van der Waals surface area contributed by atoms with E-state index in [1.165, 1.54) is 9.80 Å². The van der Waals surface area contributed by atoms with Crippen molar-refractivity contribution in [3.05, 3.63) is 41.1 Å². The van der Waals surface area contributed by atoms with Crippen LogP contribution < -0.4 is 10.1 Å². The summed E-state index contributed by atoms with van der Waals surface area (Å²) >= 11 is 0. The Hall–Kier alpha value is -3.56. The third-order valence-corrected chi connectivity index (χ3v) is 6.68. The third kappa shape index (κ3) is 4.44. The summed E-state index contributed by atoms with van der Waals surface area (Å²) in [6.07, 6.45) is 1.10. The summed E-state index contributed by atoms with van der Waals surface area (Å²) in [7, 11) is 3.19. The topological polar surface area (TPSA) is 108 Å². The van der Waals surface area contributed by atoms with Crippen molar-refractivity contribution in [2.75, 3.05) is 46.9 Å². The fourth-order valence-electron chi connectivity index (χ4n) is 4.69. The summed E-state index contributed by atoms with van der Waals surface area (Å²) in [4.78, 5) is 55.5. The van der Waals surface area contributed by atoms with Crippen LogP contribution in [0.1, 0.15) is 31.4 Å². The molecular formula is C24H30N4O6. The van der Waals surface area contributed by atoms with Crippen molar-refractivity contribution >= 4 is 23.8 Å². The lowest BCUT2D eigenvalue weighted by atomic mass is 9.95. The first kappa shape index (κ1) is 23.6. The molecule has 0 bridgehead atoms. The van der Waals surface area contributed by atoms with Crippen LogP contribution in [0.2, 0.25) is 0 Å². The number of urea groups is 1. The van der Waals surface area contributed by atoms with Gasteiger partial charge in [0, 0.05) is 20.1 Å². The van der Waals surface area contributed by atoms with E-state index in [0.29, 0.717) is 49.6 Å². The fraction of sp³-hybridized carbons (Fsp3) is 0.500. The zero-order valence-corrected chi connectivity index (χ0v) is 19.7. The molecule has 4 amide bonds. The van der Waals surface area contributed by atoms with Crippen molar-refractivity contribution < 1.29 is 28.7 Å². The number of carbonyl (C=O) groups is 4. The number of carbonyl (C=O) groups excluding carboxylic acids is 4. The van der Waals surface area contributed by atoms with Crippen LogP contribution in [0.4, 0.5) is 4.79 Å². The van der Waals surface area contributed by atoms with E-state index in [1.54, 1.807) is 38.1 Å². The second kappa shape index (κ2) is 9.74. The van der Waals surface area contributed by atoms with Gasteiger partial charge in [-0.2, -0.15) is 0 Å². The molecule has 3 aliphatic rings. The Balaban J connectivity index is 1.44. The number of nitrogens with zero attached hydrogens (tertiary/aromatic N) is 3. The van der Waals surface area contributed by atoms with Gasteiger partial charge in [0.2, 0.25) is 5.91 Å². The molecule has 1 saturated heterocycles. The summed E-state index contributed by atoms with van der Waals surface area (Å²) in [5, 5.41) is 2.89. The molecule has 10 heteroatoms. The van der Waals surface area contributed by atoms with E-state index >= 15 is 0 Å². The lowest BCUT2D eigenvalue weighted by Crippen LogP contribution is -2.46. The molecule has 1 atom stereocenters. The largest absolute Gasteiger partial charge is 0.497 e. The summed E-state index contributed by atoms with van der Waals surface area (Å²) in [5.41, 5.74) is 1.83. The Bertz CT molecular complexity index is 1010. The Morgan fingerprint density at radius 1 is 1.12 bits per heavy atom. The molecule has 10 nitrogen and oxygen atoms in total. The Morgan fingerprint density at radius 3 is 2.41 bits per heavy atom. The van der Waals surface area contributed by atoms with Crippen LogP contribution in [-0.2, 0) is 19.1 Å². The molecular weight excluding hydrogens is 440 g/mol. The van der Waals surface area contributed by atoms with Gasteiger partial charge in [-0.05, 0) is 37.5 Å². The predicted octanol–water partition coefficient (Wildman–Crippen LogP) is 1.29. The number of ether oxygens (including phenoxy) is 2. The van der Waals surface area contributed by atoms with Crippen LogP contribution in [0.25, 0.3) is 0 Å². The highest BCUT2D eigenvalue weighted by Gasteiger charge is 2.43. The van der Waals surface area contributed by atoms with Crippen LogP contribution in [0.5, 0.6) is 5.75 Å². The number of piperidine rings is 1. The van der Waals surface area contributed by atoms with Gasteiger partial charge in [0.05, 0.1) is 43.5 Å². The van der Waals surface area contributed by atoms with Crippen LogP contribution in [0.15, 0.2) is 35.5 Å². The standard InChI is InChI=1S/C24H30N4O6/c1-4-34-23(31)16-9-11-27(12-10-16)19(29)14-28-13-18-20(22(28)30)21(25-24(32)26(18)2)15-5-7-17(33-3)8-6-15/h5-8,16,21H,4,9-14H2,1-3H3,(H,25,32)/t21-/m0/s1. The maximum atomic E-state index is 13.4. The summed E-state index contributed by atoms with van der Waals surface area (Å²) in [6.45, 7) is 3.13. The number of likely N-dealkylation sites (tertiary alicyclic amines) is 1. The van der Waals surface area contributed by atoms with Gasteiger partial charge < -0.3 is 24.6 Å². The average molecular weight is 471 g/mol. The number of esters is 1. The minimum Gasteiger partial charge on any atom is -0.497 e. The van der Waals surface area contributed by atoms with Gasteiger partial charge in [-0.25, -0.2) is 4.79 Å². The van der Waals surface area contributed by atoms with Crippen LogP contribution in [-0.4, -0.2) is 85.5 Å². The average Bonchev–Trinajstić information content (AvgIpc) is 3.17. The van der Waals surface area contributed by atoms with Crippen molar-refractivity contribution in [3.63, 3.8) is 0 Å². The molecule has 34 heavy (non-hydrogen) atoms. The molecule has 1 fully saturated rings. The number of benzene rings is 1. The highest BCUT2D eigenvalue weighted by Crippen LogP contribution is 2.36. The van der Waals surface area contributed by atoms with Crippen LogP contribution in [0, 0.1) is 5.92 Å². The van der Waals surface area contributed by atoms with E-state index in [-0.39, 0.29) is 42.8 Å². The van der Waals surface area contributed by atoms with Crippen molar-refractivity contribution in [1.29, 1.82) is 0 Å². The first-order valence-electron chi connectivity index (χ1n) is 11.5. The van der Waals surface area contributed by atoms with Gasteiger partial charge in [-0.15, -0.1) is 0 Å². The molecule has 0 radical (unpaired) electrons. The zero-order chi connectivity index (χ0) is 24.4. The molecule has 0 aliphatic carbocycles. The van der Waals surface area contributed by atoms with Gasteiger partial charge in [-0.3, -0.25) is 19.3 Å². The van der Waals surface area contributed by atoms with Gasteiger partial charge in [0.15, 0.2) is 0 Å². The predicted molar refractivity (Wildman–Crippen MR) is 122 cm³/mol. The van der Waals surface area contributed by atoms with Gasteiger partial charge >= 0.3 is 12.0 Å². The molecule has 1 aromatic rings. The maximum absolute atomic E-state index is 13.4. The third-order valence-electron chi connectivity index (χ3n) is 6.68. The molecule has 182 valence electrons. The lowest BCUT2D eigenvalue weighted by molar-refractivity contribution is -0.151. The molecule has 1 N–H and O–H groups in total. The number of likely N-dealkylation sites (N-methyl/N-ethyl adjacent to an activating group) is 1. The van der Waals surface area contributed by atoms with Crippen LogP contribution >= 0.6 is 0 Å². The number of hydrogen-bond acceptors (Lipinski definition) is 6. The van der Waals surface area contributed by atoms with Crippen molar-refractivity contribution in [3.8, 4) is 5.75 Å². The molecule has 3 aliphatic heterocycles. The Kier molecular flexibility index (Phi) is 6.76. The second-order valence-corrected chi connectivity index (χ2v) is 8.64. The number of hydrogen-bond donors (Lipinski definition) is 1. The number of methoxy groups -OCH3 is 1. The van der Waals surface area contributed by atoms with E-state index in [1.807, 2.05) is 12.1 Å². The quantitative estimate of drug-likeness (QED) is 0.628. The van der Waals surface area contributed by atoms with E-state index in [0.717, 1.165) is 5.56 Å². The summed E-state index contributed by atoms with van der Waals surface area (Å²) in [5.74, 6) is -0.168. The van der Waals surface area contributed by atoms with Crippen molar-refractivity contribution in [2.45, 2.75) is 25.8 Å². The first-order chi connectivity index (χ1) is 16.3. The highest BCUT2D eigenvalue weighted by atomic mass is 16.5. The fourth-order valence-corrected chi connectivity index (χ4v) is 4.69. The van der Waals surface area contributed by atoms with E-state index < -0.39 is 6.04 Å². The summed E-state index contributed by atoms with van der Waals surface area (Å²) in [6, 6.07) is 6.28. The molecule has 0 unspecified atom stereocenters. The molecule has 1 aromatic carbocycles. The van der Waals surface area contributed by atoms with Crippen molar-refractivity contribution in [1.82, 2.24) is 20.0 Å². The maximum Gasteiger partial charge on any atom is 0.322 e. The smallest absolute Gasteiger partial charge is 0.322 e. The van der Waals surface area contributed by atoms with E-state index in [9.17, 15) is 19.2 Å². The van der Waals surface area contributed by atoms with E-state index in [4.69, 9.17) is 9.47 Å². The monoisotopic (exact) mass is 470 g/mol.